The van der Waals surface area contributed by atoms with Crippen molar-refractivity contribution in [1.29, 1.82) is 0 Å². The summed E-state index contributed by atoms with van der Waals surface area (Å²) in [5, 5.41) is 12.2. The lowest BCUT2D eigenvalue weighted by atomic mass is 10.2. The molecule has 0 unspecified atom stereocenters. The minimum atomic E-state index is -0.566. The Balaban J connectivity index is 1.56. The van der Waals surface area contributed by atoms with Crippen LogP contribution in [0.4, 0.5) is 4.39 Å². The Labute approximate surface area is 122 Å². The van der Waals surface area contributed by atoms with Crippen molar-refractivity contribution in [2.45, 2.75) is 37.6 Å². The number of carbonyl (C=O) groups is 1. The summed E-state index contributed by atoms with van der Waals surface area (Å²) in [6.07, 6.45) is 3.76. The molecule has 1 aromatic carbocycles. The van der Waals surface area contributed by atoms with E-state index in [-0.39, 0.29) is 24.0 Å². The molecule has 1 atom stereocenters. The van der Waals surface area contributed by atoms with Gasteiger partial charge in [-0.2, -0.15) is 0 Å². The van der Waals surface area contributed by atoms with E-state index in [1.165, 1.54) is 0 Å². The number of hydrogen-bond donors (Lipinski definition) is 2. The van der Waals surface area contributed by atoms with Crippen LogP contribution in [0.1, 0.15) is 36.0 Å². The Hall–Kier alpha value is -1.66. The topological polar surface area (TPSA) is 67.8 Å². The van der Waals surface area contributed by atoms with Gasteiger partial charge in [0.15, 0.2) is 5.79 Å². The van der Waals surface area contributed by atoms with Crippen LogP contribution >= 0.6 is 0 Å². The standard InChI is InChI=1S/C15H18FNO4/c16-10-3-4-13(18)12(7-10)14(19)17-8-11-9-20-15(21-11)5-1-2-6-15/h3-4,7,11,18H,1-2,5-6,8-9H2,(H,17,19)/t11-/m0/s1. The Morgan fingerprint density at radius 1 is 1.43 bits per heavy atom. The number of benzene rings is 1. The zero-order valence-electron chi connectivity index (χ0n) is 11.6. The summed E-state index contributed by atoms with van der Waals surface area (Å²) >= 11 is 0. The Kier molecular flexibility index (Phi) is 3.82. The maximum atomic E-state index is 13.1. The van der Waals surface area contributed by atoms with Crippen molar-refractivity contribution in [2.24, 2.45) is 0 Å². The molecule has 1 spiro atoms. The first-order valence-corrected chi connectivity index (χ1v) is 7.16. The molecule has 5 nitrogen and oxygen atoms in total. The number of phenols is 1. The predicted octanol–water partition coefficient (Wildman–Crippen LogP) is 1.95. The van der Waals surface area contributed by atoms with Crippen LogP contribution in [0.2, 0.25) is 0 Å². The summed E-state index contributed by atoms with van der Waals surface area (Å²) in [5.41, 5.74) is -0.0792. The van der Waals surface area contributed by atoms with Gasteiger partial charge < -0.3 is 19.9 Å². The lowest BCUT2D eigenvalue weighted by molar-refractivity contribution is -0.161. The zero-order chi connectivity index (χ0) is 14.9. The molecule has 1 heterocycles. The van der Waals surface area contributed by atoms with Gasteiger partial charge in [-0.25, -0.2) is 4.39 Å². The van der Waals surface area contributed by atoms with Gasteiger partial charge in [0, 0.05) is 19.4 Å². The van der Waals surface area contributed by atoms with E-state index in [2.05, 4.69) is 5.32 Å². The monoisotopic (exact) mass is 295 g/mol. The number of ether oxygens (including phenoxy) is 2. The van der Waals surface area contributed by atoms with Gasteiger partial charge in [-0.3, -0.25) is 4.79 Å². The van der Waals surface area contributed by atoms with Gasteiger partial charge in [0.25, 0.3) is 5.91 Å². The highest BCUT2D eigenvalue weighted by Crippen LogP contribution is 2.39. The van der Waals surface area contributed by atoms with E-state index in [1.807, 2.05) is 0 Å². The van der Waals surface area contributed by atoms with E-state index < -0.39 is 17.5 Å². The fourth-order valence-corrected chi connectivity index (χ4v) is 2.88. The molecule has 1 aliphatic carbocycles. The minimum Gasteiger partial charge on any atom is -0.507 e. The zero-order valence-corrected chi connectivity index (χ0v) is 11.6. The van der Waals surface area contributed by atoms with Crippen LogP contribution in [0.15, 0.2) is 18.2 Å². The van der Waals surface area contributed by atoms with Crippen molar-refractivity contribution < 1.29 is 23.8 Å². The van der Waals surface area contributed by atoms with Crippen LogP contribution in [0, 0.1) is 5.82 Å². The Morgan fingerprint density at radius 2 is 2.19 bits per heavy atom. The fourth-order valence-electron chi connectivity index (χ4n) is 2.88. The highest BCUT2D eigenvalue weighted by Gasteiger charge is 2.43. The van der Waals surface area contributed by atoms with Gasteiger partial charge in [0.2, 0.25) is 0 Å². The number of nitrogens with one attached hydrogen (secondary N) is 1. The predicted molar refractivity (Wildman–Crippen MR) is 72.4 cm³/mol. The highest BCUT2D eigenvalue weighted by atomic mass is 19.1. The largest absolute Gasteiger partial charge is 0.507 e. The molecule has 1 aliphatic heterocycles. The molecule has 1 saturated heterocycles. The molecular formula is C15H18FNO4. The molecule has 21 heavy (non-hydrogen) atoms. The summed E-state index contributed by atoms with van der Waals surface area (Å²) in [6.45, 7) is 0.714. The van der Waals surface area contributed by atoms with E-state index in [0.717, 1.165) is 43.9 Å². The lowest BCUT2D eigenvalue weighted by Gasteiger charge is -2.21. The van der Waals surface area contributed by atoms with Crippen LogP contribution < -0.4 is 5.32 Å². The molecular weight excluding hydrogens is 277 g/mol. The van der Waals surface area contributed by atoms with Crippen LogP contribution in [0.3, 0.4) is 0 Å². The molecule has 0 radical (unpaired) electrons. The van der Waals surface area contributed by atoms with E-state index in [1.54, 1.807) is 0 Å². The summed E-state index contributed by atoms with van der Waals surface area (Å²) in [5.74, 6) is -1.80. The third-order valence-corrected chi connectivity index (χ3v) is 3.97. The molecule has 0 aromatic heterocycles. The molecule has 6 heteroatoms. The first-order valence-electron chi connectivity index (χ1n) is 7.16. The highest BCUT2D eigenvalue weighted by molar-refractivity contribution is 5.96. The van der Waals surface area contributed by atoms with Gasteiger partial charge in [-0.15, -0.1) is 0 Å². The number of aromatic hydroxyl groups is 1. The van der Waals surface area contributed by atoms with Crippen LogP contribution in [-0.2, 0) is 9.47 Å². The van der Waals surface area contributed by atoms with Gasteiger partial charge in [-0.05, 0) is 31.0 Å². The van der Waals surface area contributed by atoms with Crippen molar-refractivity contribution in [2.75, 3.05) is 13.2 Å². The maximum Gasteiger partial charge on any atom is 0.255 e. The van der Waals surface area contributed by atoms with Gasteiger partial charge in [0.05, 0.1) is 12.2 Å². The second-order valence-electron chi connectivity index (χ2n) is 5.54. The van der Waals surface area contributed by atoms with Gasteiger partial charge in [0.1, 0.15) is 17.7 Å². The number of carbonyl (C=O) groups excluding carboxylic acids is 1. The third-order valence-electron chi connectivity index (χ3n) is 3.97. The van der Waals surface area contributed by atoms with Gasteiger partial charge >= 0.3 is 0 Å². The maximum absolute atomic E-state index is 13.1. The van der Waals surface area contributed by atoms with Crippen molar-refractivity contribution in [3.63, 3.8) is 0 Å². The number of halogens is 1. The van der Waals surface area contributed by atoms with Crippen LogP contribution in [-0.4, -0.2) is 36.1 Å². The second-order valence-corrected chi connectivity index (χ2v) is 5.54. The van der Waals surface area contributed by atoms with Gasteiger partial charge in [-0.1, -0.05) is 0 Å². The molecule has 3 rings (SSSR count). The first-order chi connectivity index (χ1) is 10.1. The van der Waals surface area contributed by atoms with E-state index >= 15 is 0 Å². The smallest absolute Gasteiger partial charge is 0.255 e. The van der Waals surface area contributed by atoms with Crippen molar-refractivity contribution in [3.05, 3.63) is 29.6 Å². The average Bonchev–Trinajstić information content (AvgIpc) is 3.09. The van der Waals surface area contributed by atoms with Crippen molar-refractivity contribution >= 4 is 5.91 Å². The summed E-state index contributed by atoms with van der Waals surface area (Å²) in [6, 6.07) is 3.27. The van der Waals surface area contributed by atoms with E-state index in [4.69, 9.17) is 9.47 Å². The minimum absolute atomic E-state index is 0.0792. The van der Waals surface area contributed by atoms with Crippen molar-refractivity contribution in [1.82, 2.24) is 5.32 Å². The summed E-state index contributed by atoms with van der Waals surface area (Å²) < 4.78 is 24.7. The Bertz CT molecular complexity index is 542. The quantitative estimate of drug-likeness (QED) is 0.894. The van der Waals surface area contributed by atoms with Crippen LogP contribution in [0.25, 0.3) is 0 Å². The second kappa shape index (κ2) is 5.61. The SMILES string of the molecule is O=C(NC[C@H]1COC2(CCCC2)O1)c1cc(F)ccc1O. The fraction of sp³-hybridized carbons (Fsp3) is 0.533. The van der Waals surface area contributed by atoms with Crippen molar-refractivity contribution in [3.8, 4) is 5.75 Å². The van der Waals surface area contributed by atoms with E-state index in [0.29, 0.717) is 6.61 Å². The molecule has 2 aliphatic rings. The average molecular weight is 295 g/mol. The molecule has 2 fully saturated rings. The molecule has 1 aromatic rings. The number of hydrogen-bond acceptors (Lipinski definition) is 4. The number of phenolic OH excluding ortho intramolecular Hbond substituents is 1. The Morgan fingerprint density at radius 3 is 2.95 bits per heavy atom. The first kappa shape index (κ1) is 14.3. The molecule has 114 valence electrons. The molecule has 0 bridgehead atoms. The third kappa shape index (κ3) is 3.01. The molecule has 1 saturated carbocycles. The lowest BCUT2D eigenvalue weighted by Crippen LogP contribution is -2.35. The molecule has 2 N–H and O–H groups in total. The van der Waals surface area contributed by atoms with Crippen LogP contribution in [0.5, 0.6) is 5.75 Å². The number of rotatable bonds is 3. The number of amides is 1. The molecule has 1 amide bonds. The normalized spacial score (nSPS) is 23.6. The van der Waals surface area contributed by atoms with E-state index in [9.17, 15) is 14.3 Å². The summed E-state index contributed by atoms with van der Waals surface area (Å²) in [7, 11) is 0. The summed E-state index contributed by atoms with van der Waals surface area (Å²) in [4.78, 5) is 12.0.